The van der Waals surface area contributed by atoms with Crippen molar-refractivity contribution in [2.24, 2.45) is 5.92 Å². The van der Waals surface area contributed by atoms with Gasteiger partial charge in [-0.1, -0.05) is 77.9 Å². The summed E-state index contributed by atoms with van der Waals surface area (Å²) < 4.78 is 0. The molecule has 0 aromatic rings. The Hall–Kier alpha value is 0.127. The predicted molar refractivity (Wildman–Crippen MR) is 104 cm³/mol. The highest BCUT2D eigenvalue weighted by molar-refractivity contribution is 7.97. The molecule has 0 saturated heterocycles. The van der Waals surface area contributed by atoms with Crippen molar-refractivity contribution >= 4 is 15.2 Å². The molecule has 0 aromatic carbocycles. The second kappa shape index (κ2) is 5.64. The fraction of sp³-hybridized carbons (Fsp3) is 0.789. The van der Waals surface area contributed by atoms with Crippen LogP contribution in [0.1, 0.15) is 69.2 Å². The molecule has 0 aliphatic heterocycles. The van der Waals surface area contributed by atoms with E-state index in [-0.39, 0.29) is 7.47 Å². The van der Waals surface area contributed by atoms with E-state index in [9.17, 15) is 0 Å². The minimum atomic E-state index is -1.48. The lowest BCUT2D eigenvalue weighted by Gasteiger charge is -2.52. The van der Waals surface area contributed by atoms with Crippen LogP contribution in [0.25, 0.3) is 0 Å². The summed E-state index contributed by atoms with van der Waals surface area (Å²) in [5, 5.41) is 2.68. The highest BCUT2D eigenvalue weighted by Gasteiger charge is 2.50. The van der Waals surface area contributed by atoms with Gasteiger partial charge in [-0.3, -0.25) is 0 Å². The molecule has 0 aromatic heterocycles. The summed E-state index contributed by atoms with van der Waals surface area (Å²) >= 11 is 0. The molecule has 1 aliphatic rings. The van der Waals surface area contributed by atoms with E-state index in [0.29, 0.717) is 16.2 Å². The van der Waals surface area contributed by atoms with Crippen molar-refractivity contribution in [2.45, 2.75) is 92.6 Å². The third kappa shape index (κ3) is 3.40. The Morgan fingerprint density at radius 3 is 1.43 bits per heavy atom. The molecule has 0 nitrogen and oxygen atoms in total. The predicted octanol–water partition coefficient (Wildman–Crippen LogP) is 7.11. The van der Waals surface area contributed by atoms with Crippen molar-refractivity contribution in [1.82, 2.24) is 0 Å². The third-order valence-corrected chi connectivity index (χ3v) is 19.2. The van der Waals surface area contributed by atoms with Gasteiger partial charge in [0.15, 0.2) is 0 Å². The van der Waals surface area contributed by atoms with Crippen LogP contribution in [0, 0.1) is 5.92 Å². The Morgan fingerprint density at radius 1 is 0.810 bits per heavy atom. The lowest BCUT2D eigenvalue weighted by molar-refractivity contribution is 0.716. The van der Waals surface area contributed by atoms with E-state index < -0.39 is 7.74 Å². The maximum atomic E-state index is 2.65. The molecule has 21 heavy (non-hydrogen) atoms. The number of hydrogen-bond acceptors (Lipinski definition) is 0. The molecule has 0 bridgehead atoms. The Bertz CT molecular complexity index is 467. The van der Waals surface area contributed by atoms with Crippen molar-refractivity contribution in [1.29, 1.82) is 0 Å². The minimum absolute atomic E-state index is 0.0340. The molecule has 2 heteroatoms. The van der Waals surface area contributed by atoms with Crippen LogP contribution < -0.4 is 0 Å². The molecule has 1 atom stereocenters. The SMILES string of the molecule is CC1=C(C)C(C)C([Si](C)(C)P(C(C)(C)C)C(C)(C)C)=C1C. The maximum Gasteiger partial charge on any atom is 0.104 e. The average Bonchev–Trinajstić information content (AvgIpc) is 2.38. The Labute approximate surface area is 136 Å². The molecule has 1 unspecified atom stereocenters. The zero-order valence-corrected chi connectivity index (χ0v) is 18.4. The fourth-order valence-electron chi connectivity index (χ4n) is 5.16. The van der Waals surface area contributed by atoms with E-state index in [2.05, 4.69) is 82.3 Å². The van der Waals surface area contributed by atoms with Gasteiger partial charge in [-0.2, -0.15) is 0 Å². The molecular weight excluding hydrogens is 287 g/mol. The van der Waals surface area contributed by atoms with Crippen molar-refractivity contribution in [3.05, 3.63) is 21.9 Å². The smallest absolute Gasteiger partial charge is 0.103 e. The van der Waals surface area contributed by atoms with Crippen LogP contribution in [0.4, 0.5) is 0 Å². The van der Waals surface area contributed by atoms with Gasteiger partial charge < -0.3 is 0 Å². The summed E-state index contributed by atoms with van der Waals surface area (Å²) in [4.78, 5) is 0. The zero-order valence-electron chi connectivity index (χ0n) is 16.5. The molecule has 0 amide bonds. The van der Waals surface area contributed by atoms with Crippen molar-refractivity contribution < 1.29 is 0 Å². The van der Waals surface area contributed by atoms with Crippen LogP contribution in [0.5, 0.6) is 0 Å². The van der Waals surface area contributed by atoms with Crippen LogP contribution in [-0.2, 0) is 0 Å². The third-order valence-electron chi connectivity index (χ3n) is 5.20. The normalized spacial score (nSPS) is 21.9. The molecule has 122 valence electrons. The summed E-state index contributed by atoms with van der Waals surface area (Å²) in [7, 11) is -1.51. The van der Waals surface area contributed by atoms with Gasteiger partial charge in [-0.25, -0.2) is 0 Å². The van der Waals surface area contributed by atoms with Gasteiger partial charge in [0, 0.05) is 0 Å². The van der Waals surface area contributed by atoms with E-state index in [1.807, 2.05) is 5.20 Å². The van der Waals surface area contributed by atoms with E-state index >= 15 is 0 Å². The van der Waals surface area contributed by atoms with Crippen LogP contribution in [0.2, 0.25) is 13.1 Å². The fourth-order valence-corrected chi connectivity index (χ4v) is 25.0. The molecule has 0 fully saturated rings. The highest BCUT2D eigenvalue weighted by Crippen LogP contribution is 2.68. The first-order valence-electron chi connectivity index (χ1n) is 8.33. The second-order valence-electron chi connectivity index (χ2n) is 9.30. The van der Waals surface area contributed by atoms with Crippen LogP contribution in [0.15, 0.2) is 21.9 Å². The summed E-state index contributed by atoms with van der Waals surface area (Å²) in [6.07, 6.45) is 0. The molecule has 0 radical (unpaired) electrons. The summed E-state index contributed by atoms with van der Waals surface area (Å²) in [6, 6.07) is 0. The molecule has 0 heterocycles. The zero-order chi connectivity index (χ0) is 17.0. The highest BCUT2D eigenvalue weighted by atomic mass is 31.4. The van der Waals surface area contributed by atoms with Gasteiger partial charge in [0.25, 0.3) is 0 Å². The maximum absolute atomic E-state index is 2.65. The monoisotopic (exact) mass is 324 g/mol. The van der Waals surface area contributed by atoms with E-state index in [1.54, 1.807) is 16.7 Å². The molecule has 0 spiro atoms. The summed E-state index contributed by atoms with van der Waals surface area (Å²) in [5.74, 6) is 0.668. The second-order valence-corrected chi connectivity index (χ2v) is 21.0. The van der Waals surface area contributed by atoms with Gasteiger partial charge in [-0.15, -0.1) is 7.47 Å². The Kier molecular flexibility index (Phi) is 5.15. The molecule has 0 N–H and O–H groups in total. The van der Waals surface area contributed by atoms with Crippen molar-refractivity contribution in [3.8, 4) is 0 Å². The topological polar surface area (TPSA) is 0 Å². The quantitative estimate of drug-likeness (QED) is 0.375. The van der Waals surface area contributed by atoms with Crippen molar-refractivity contribution in [2.75, 3.05) is 0 Å². The number of hydrogen-bond donors (Lipinski definition) is 0. The Balaban J connectivity index is 3.47. The molecule has 1 rings (SSSR count). The van der Waals surface area contributed by atoms with Gasteiger partial charge in [0.1, 0.15) is 7.74 Å². The van der Waals surface area contributed by atoms with Gasteiger partial charge in [-0.05, 0) is 42.6 Å². The first-order chi connectivity index (χ1) is 9.13. The van der Waals surface area contributed by atoms with Gasteiger partial charge in [0.05, 0.1) is 0 Å². The standard InChI is InChI=1S/C19H37PSi/c1-13-14(2)16(4)17(15(13)3)21(11,12)20(18(5,6)7)19(8,9)10/h15H,1-12H3. The molecular formula is C19H37PSi. The average molecular weight is 325 g/mol. The first kappa shape index (κ1) is 19.2. The van der Waals surface area contributed by atoms with Crippen LogP contribution in [0.3, 0.4) is 0 Å². The lowest BCUT2D eigenvalue weighted by Crippen LogP contribution is -2.43. The Morgan fingerprint density at radius 2 is 1.19 bits per heavy atom. The van der Waals surface area contributed by atoms with Gasteiger partial charge >= 0.3 is 0 Å². The van der Waals surface area contributed by atoms with Crippen LogP contribution >= 0.6 is 7.47 Å². The molecule has 1 aliphatic carbocycles. The largest absolute Gasteiger partial charge is 0.104 e. The molecule has 0 saturated carbocycles. The summed E-state index contributed by atoms with van der Waals surface area (Å²) in [6.45, 7) is 29.6. The van der Waals surface area contributed by atoms with E-state index in [4.69, 9.17) is 0 Å². The van der Waals surface area contributed by atoms with Crippen molar-refractivity contribution in [3.63, 3.8) is 0 Å². The minimum Gasteiger partial charge on any atom is -0.103 e. The first-order valence-corrected chi connectivity index (χ1v) is 13.5. The van der Waals surface area contributed by atoms with E-state index in [0.717, 1.165) is 0 Å². The van der Waals surface area contributed by atoms with Gasteiger partial charge in [0.2, 0.25) is 0 Å². The summed E-state index contributed by atoms with van der Waals surface area (Å²) in [5.41, 5.74) is 4.80. The number of rotatable bonds is 2. The lowest BCUT2D eigenvalue weighted by atomic mass is 10.1. The number of allylic oxidation sites excluding steroid dienone is 4. The van der Waals surface area contributed by atoms with E-state index in [1.165, 1.54) is 0 Å². The van der Waals surface area contributed by atoms with Crippen LogP contribution in [-0.4, -0.2) is 18.1 Å².